The molecule has 0 aliphatic heterocycles. The van der Waals surface area contributed by atoms with Gasteiger partial charge >= 0.3 is 0 Å². The molecule has 0 amide bonds. The fourth-order valence-corrected chi connectivity index (χ4v) is 1.05. The molecule has 0 spiro atoms. The molecule has 12 heavy (non-hydrogen) atoms. The van der Waals surface area contributed by atoms with Crippen molar-refractivity contribution in [2.45, 2.75) is 25.9 Å². The predicted molar refractivity (Wildman–Crippen MR) is 47.8 cm³/mol. The Morgan fingerprint density at radius 2 is 2.42 bits per heavy atom. The highest BCUT2D eigenvalue weighted by molar-refractivity contribution is 5.07. The Kier molecular flexibility index (Phi) is 3.11. The van der Waals surface area contributed by atoms with Crippen LogP contribution in [0.25, 0.3) is 0 Å². The minimum absolute atomic E-state index is 0.489. The van der Waals surface area contributed by atoms with Gasteiger partial charge in [-0.3, -0.25) is 0 Å². The number of rotatable bonds is 4. The van der Waals surface area contributed by atoms with Crippen molar-refractivity contribution < 1.29 is 9.52 Å². The van der Waals surface area contributed by atoms with Crippen LogP contribution in [0.3, 0.4) is 0 Å². The minimum atomic E-state index is -0.489. The normalized spacial score (nSPS) is 12.8. The van der Waals surface area contributed by atoms with E-state index < -0.39 is 6.10 Å². The van der Waals surface area contributed by atoms with Crippen molar-refractivity contribution >= 4 is 0 Å². The highest BCUT2D eigenvalue weighted by Crippen LogP contribution is 2.20. The second-order valence-electron chi connectivity index (χ2n) is 2.83. The fourth-order valence-electron chi connectivity index (χ4n) is 1.05. The molecule has 0 saturated carbocycles. The standard InChI is InChI=1S/C10H14O2/c1-3-4-5-9(11)10-7-6-8(2)12-10/h3,6-7,9,11H,1,4-5H2,2H3. The average Bonchev–Trinajstić information content (AvgIpc) is 2.47. The number of allylic oxidation sites excluding steroid dienone is 1. The molecule has 1 aromatic rings. The highest BCUT2D eigenvalue weighted by Gasteiger charge is 2.09. The third kappa shape index (κ3) is 2.24. The van der Waals surface area contributed by atoms with Gasteiger partial charge in [-0.15, -0.1) is 6.58 Å². The quantitative estimate of drug-likeness (QED) is 0.697. The summed E-state index contributed by atoms with van der Waals surface area (Å²) in [7, 11) is 0. The van der Waals surface area contributed by atoms with Gasteiger partial charge in [0, 0.05) is 0 Å². The first-order valence-corrected chi connectivity index (χ1v) is 4.09. The summed E-state index contributed by atoms with van der Waals surface area (Å²) in [6.45, 7) is 5.45. The van der Waals surface area contributed by atoms with Gasteiger partial charge in [-0.2, -0.15) is 0 Å². The van der Waals surface area contributed by atoms with Crippen molar-refractivity contribution in [3.63, 3.8) is 0 Å². The summed E-state index contributed by atoms with van der Waals surface area (Å²) in [4.78, 5) is 0. The maximum Gasteiger partial charge on any atom is 0.132 e. The Balaban J connectivity index is 2.52. The maximum atomic E-state index is 9.52. The number of hydrogen-bond donors (Lipinski definition) is 1. The topological polar surface area (TPSA) is 33.4 Å². The van der Waals surface area contributed by atoms with E-state index in [9.17, 15) is 5.11 Å². The SMILES string of the molecule is C=CCCC(O)c1ccc(C)o1. The van der Waals surface area contributed by atoms with Crippen molar-refractivity contribution in [2.75, 3.05) is 0 Å². The predicted octanol–water partition coefficient (Wildman–Crippen LogP) is 2.59. The Morgan fingerprint density at radius 3 is 2.92 bits per heavy atom. The average molecular weight is 166 g/mol. The molecular formula is C10H14O2. The molecule has 0 fully saturated rings. The lowest BCUT2D eigenvalue weighted by molar-refractivity contribution is 0.140. The van der Waals surface area contributed by atoms with E-state index in [4.69, 9.17) is 4.42 Å². The van der Waals surface area contributed by atoms with Gasteiger partial charge in [-0.25, -0.2) is 0 Å². The molecule has 1 aromatic heterocycles. The molecule has 0 radical (unpaired) electrons. The first-order valence-electron chi connectivity index (χ1n) is 4.09. The van der Waals surface area contributed by atoms with Crippen molar-refractivity contribution in [3.05, 3.63) is 36.3 Å². The molecule has 1 heterocycles. The number of aryl methyl sites for hydroxylation is 1. The summed E-state index contributed by atoms with van der Waals surface area (Å²) in [5.41, 5.74) is 0. The van der Waals surface area contributed by atoms with Crippen molar-refractivity contribution in [3.8, 4) is 0 Å². The second-order valence-corrected chi connectivity index (χ2v) is 2.83. The molecule has 1 N–H and O–H groups in total. The number of aliphatic hydroxyl groups excluding tert-OH is 1. The first kappa shape index (κ1) is 9.07. The van der Waals surface area contributed by atoms with Crippen LogP contribution in [0.4, 0.5) is 0 Å². The Hall–Kier alpha value is -1.02. The number of aliphatic hydroxyl groups is 1. The fraction of sp³-hybridized carbons (Fsp3) is 0.400. The maximum absolute atomic E-state index is 9.52. The molecule has 0 saturated heterocycles. The summed E-state index contributed by atoms with van der Waals surface area (Å²) in [6, 6.07) is 3.66. The Morgan fingerprint density at radius 1 is 1.67 bits per heavy atom. The van der Waals surface area contributed by atoms with Gasteiger partial charge in [0.05, 0.1) is 0 Å². The third-order valence-electron chi connectivity index (χ3n) is 1.73. The minimum Gasteiger partial charge on any atom is -0.464 e. The molecule has 1 atom stereocenters. The second kappa shape index (κ2) is 4.12. The summed E-state index contributed by atoms with van der Waals surface area (Å²) in [5, 5.41) is 9.52. The Bertz CT molecular complexity index is 250. The molecule has 0 aromatic carbocycles. The van der Waals surface area contributed by atoms with Crippen LogP contribution in [0, 0.1) is 6.92 Å². The third-order valence-corrected chi connectivity index (χ3v) is 1.73. The molecule has 0 bridgehead atoms. The zero-order chi connectivity index (χ0) is 8.97. The molecule has 1 rings (SSSR count). The van der Waals surface area contributed by atoms with Crippen LogP contribution in [-0.2, 0) is 0 Å². The molecule has 1 unspecified atom stereocenters. The molecule has 2 heteroatoms. The smallest absolute Gasteiger partial charge is 0.132 e. The first-order chi connectivity index (χ1) is 5.74. The van der Waals surface area contributed by atoms with Crippen LogP contribution in [0.5, 0.6) is 0 Å². The van der Waals surface area contributed by atoms with Gasteiger partial charge in [0.15, 0.2) is 0 Å². The zero-order valence-corrected chi connectivity index (χ0v) is 7.29. The van der Waals surface area contributed by atoms with E-state index in [0.717, 1.165) is 12.2 Å². The van der Waals surface area contributed by atoms with Gasteiger partial charge in [-0.1, -0.05) is 6.08 Å². The monoisotopic (exact) mass is 166 g/mol. The highest BCUT2D eigenvalue weighted by atomic mass is 16.4. The number of hydrogen-bond acceptors (Lipinski definition) is 2. The molecule has 2 nitrogen and oxygen atoms in total. The largest absolute Gasteiger partial charge is 0.464 e. The van der Waals surface area contributed by atoms with Crippen LogP contribution in [-0.4, -0.2) is 5.11 Å². The Labute approximate surface area is 72.5 Å². The van der Waals surface area contributed by atoms with E-state index in [1.165, 1.54) is 0 Å². The number of furan rings is 1. The summed E-state index contributed by atoms with van der Waals surface area (Å²) < 4.78 is 5.26. The van der Waals surface area contributed by atoms with Crippen LogP contribution in [0.15, 0.2) is 29.2 Å². The van der Waals surface area contributed by atoms with E-state index >= 15 is 0 Å². The summed E-state index contributed by atoms with van der Waals surface area (Å²) >= 11 is 0. The van der Waals surface area contributed by atoms with Crippen molar-refractivity contribution in [1.82, 2.24) is 0 Å². The lowest BCUT2D eigenvalue weighted by Crippen LogP contribution is -1.93. The van der Waals surface area contributed by atoms with Crippen LogP contribution >= 0.6 is 0 Å². The van der Waals surface area contributed by atoms with Gasteiger partial charge < -0.3 is 9.52 Å². The van der Waals surface area contributed by atoms with Gasteiger partial charge in [0.25, 0.3) is 0 Å². The van der Waals surface area contributed by atoms with Gasteiger partial charge in [-0.05, 0) is 31.9 Å². The van der Waals surface area contributed by atoms with E-state index in [1.807, 2.05) is 19.1 Å². The van der Waals surface area contributed by atoms with Gasteiger partial charge in [0.1, 0.15) is 17.6 Å². The van der Waals surface area contributed by atoms with Crippen LogP contribution in [0.1, 0.15) is 30.5 Å². The van der Waals surface area contributed by atoms with E-state index in [1.54, 1.807) is 6.08 Å². The molecule has 66 valence electrons. The summed E-state index contributed by atoms with van der Waals surface area (Å²) in [5.74, 6) is 1.48. The zero-order valence-electron chi connectivity index (χ0n) is 7.29. The van der Waals surface area contributed by atoms with E-state index in [-0.39, 0.29) is 0 Å². The van der Waals surface area contributed by atoms with E-state index in [0.29, 0.717) is 12.2 Å². The molecule has 0 aliphatic carbocycles. The van der Waals surface area contributed by atoms with Crippen molar-refractivity contribution in [1.29, 1.82) is 0 Å². The van der Waals surface area contributed by atoms with Crippen LogP contribution < -0.4 is 0 Å². The molecule has 0 aliphatic rings. The summed E-state index contributed by atoms with van der Waals surface area (Å²) in [6.07, 6.45) is 2.79. The van der Waals surface area contributed by atoms with Crippen LogP contribution in [0.2, 0.25) is 0 Å². The van der Waals surface area contributed by atoms with Crippen molar-refractivity contribution in [2.24, 2.45) is 0 Å². The van der Waals surface area contributed by atoms with Gasteiger partial charge in [0.2, 0.25) is 0 Å². The van der Waals surface area contributed by atoms with E-state index in [2.05, 4.69) is 6.58 Å². The molecular weight excluding hydrogens is 152 g/mol. The lowest BCUT2D eigenvalue weighted by atomic mass is 10.1. The lowest BCUT2D eigenvalue weighted by Gasteiger charge is -2.04.